The smallest absolute Gasteiger partial charge is 0.162 e. The number of anilines is 1. The van der Waals surface area contributed by atoms with Crippen molar-refractivity contribution in [1.82, 2.24) is 0 Å². The van der Waals surface area contributed by atoms with Crippen molar-refractivity contribution in [3.63, 3.8) is 0 Å². The van der Waals surface area contributed by atoms with Gasteiger partial charge in [0, 0.05) is 17.3 Å². The molecule has 0 saturated heterocycles. The van der Waals surface area contributed by atoms with E-state index in [2.05, 4.69) is 16.9 Å². The molecule has 0 spiro atoms. The van der Waals surface area contributed by atoms with Crippen molar-refractivity contribution >= 4 is 11.4 Å². The Hall–Kier alpha value is -1.97. The fourth-order valence-electron chi connectivity index (χ4n) is 1.73. The average Bonchev–Trinajstić information content (AvgIpc) is 2.39. The highest BCUT2D eigenvalue weighted by Gasteiger charge is 2.16. The minimum Gasteiger partial charge on any atom is -0.493 e. The zero-order valence-corrected chi connectivity index (χ0v) is 11.6. The van der Waals surface area contributed by atoms with Crippen LogP contribution in [0.25, 0.3) is 0 Å². The number of methoxy groups -OCH3 is 2. The topological polar surface area (TPSA) is 42.9 Å². The lowest BCUT2D eigenvalue weighted by Gasteiger charge is -2.20. The molecule has 0 radical (unpaired) electrons. The molecule has 0 amide bonds. The van der Waals surface area contributed by atoms with E-state index in [1.54, 1.807) is 14.2 Å². The molecule has 0 fully saturated rings. The van der Waals surface area contributed by atoms with Crippen molar-refractivity contribution in [2.24, 2.45) is 4.99 Å². The molecule has 1 aliphatic heterocycles. The lowest BCUT2D eigenvalue weighted by molar-refractivity contribution is 0.355. The predicted molar refractivity (Wildman–Crippen MR) is 75.9 cm³/mol. The van der Waals surface area contributed by atoms with Gasteiger partial charge in [0.15, 0.2) is 11.5 Å². The zero-order valence-electron chi connectivity index (χ0n) is 11.6. The van der Waals surface area contributed by atoms with Crippen LogP contribution in [0.4, 0.5) is 5.69 Å². The van der Waals surface area contributed by atoms with Gasteiger partial charge in [0.25, 0.3) is 0 Å². The fourth-order valence-corrected chi connectivity index (χ4v) is 1.73. The zero-order chi connectivity index (χ0) is 13.7. The van der Waals surface area contributed by atoms with Gasteiger partial charge in [0.05, 0.1) is 19.9 Å². The minimum absolute atomic E-state index is 0.636. The number of ether oxygens (including phenoxy) is 2. The van der Waals surface area contributed by atoms with Gasteiger partial charge < -0.3 is 14.8 Å². The summed E-state index contributed by atoms with van der Waals surface area (Å²) in [6.45, 7) is 9.73. The molecule has 0 aliphatic carbocycles. The molecule has 1 aliphatic rings. The summed E-state index contributed by atoms with van der Waals surface area (Å²) in [5, 5.41) is 3.10. The van der Waals surface area contributed by atoms with Gasteiger partial charge in [-0.1, -0.05) is 20.4 Å². The van der Waals surface area contributed by atoms with Gasteiger partial charge in [-0.05, 0) is 13.0 Å². The quantitative estimate of drug-likeness (QED) is 0.871. The Morgan fingerprint density at radius 2 is 1.67 bits per heavy atom. The SMILES string of the molecule is C=C1N=C(C)c2cc(OC)c(OC)cc2N1.CC. The summed E-state index contributed by atoms with van der Waals surface area (Å²) < 4.78 is 10.5. The monoisotopic (exact) mass is 248 g/mol. The maximum Gasteiger partial charge on any atom is 0.162 e. The maximum absolute atomic E-state index is 5.25. The van der Waals surface area contributed by atoms with E-state index < -0.39 is 0 Å². The largest absolute Gasteiger partial charge is 0.493 e. The Balaban J connectivity index is 0.000000771. The van der Waals surface area contributed by atoms with Crippen LogP contribution in [-0.2, 0) is 0 Å². The molecule has 1 heterocycles. The van der Waals surface area contributed by atoms with Crippen LogP contribution < -0.4 is 14.8 Å². The highest BCUT2D eigenvalue weighted by atomic mass is 16.5. The Bertz CT molecular complexity index is 479. The molecule has 98 valence electrons. The highest BCUT2D eigenvalue weighted by Crippen LogP contribution is 2.35. The summed E-state index contributed by atoms with van der Waals surface area (Å²) >= 11 is 0. The van der Waals surface area contributed by atoms with Crippen LogP contribution in [0.2, 0.25) is 0 Å². The van der Waals surface area contributed by atoms with Crippen molar-refractivity contribution in [1.29, 1.82) is 0 Å². The van der Waals surface area contributed by atoms with Gasteiger partial charge in [0.1, 0.15) is 5.82 Å². The maximum atomic E-state index is 5.25. The first-order valence-corrected chi connectivity index (χ1v) is 5.93. The third-order valence-electron chi connectivity index (χ3n) is 2.50. The first-order chi connectivity index (χ1) is 8.65. The van der Waals surface area contributed by atoms with Crippen LogP contribution in [0.3, 0.4) is 0 Å². The Labute approximate surface area is 108 Å². The van der Waals surface area contributed by atoms with Crippen molar-refractivity contribution in [3.05, 3.63) is 30.1 Å². The van der Waals surface area contributed by atoms with Crippen molar-refractivity contribution in [2.45, 2.75) is 20.8 Å². The van der Waals surface area contributed by atoms with Crippen LogP contribution >= 0.6 is 0 Å². The molecule has 2 rings (SSSR count). The summed E-state index contributed by atoms with van der Waals surface area (Å²) in [4.78, 5) is 4.27. The molecular weight excluding hydrogens is 228 g/mol. The molecule has 18 heavy (non-hydrogen) atoms. The Morgan fingerprint density at radius 3 is 2.22 bits per heavy atom. The number of benzene rings is 1. The molecule has 0 saturated carbocycles. The second-order valence-corrected chi connectivity index (χ2v) is 3.52. The lowest BCUT2D eigenvalue weighted by atomic mass is 10.1. The van der Waals surface area contributed by atoms with E-state index in [9.17, 15) is 0 Å². The third-order valence-corrected chi connectivity index (χ3v) is 2.50. The van der Waals surface area contributed by atoms with Crippen LogP contribution in [-0.4, -0.2) is 19.9 Å². The summed E-state index contributed by atoms with van der Waals surface area (Å²) in [6, 6.07) is 3.80. The van der Waals surface area contributed by atoms with Crippen LogP contribution in [0.15, 0.2) is 29.5 Å². The van der Waals surface area contributed by atoms with Gasteiger partial charge in [-0.2, -0.15) is 0 Å². The van der Waals surface area contributed by atoms with Gasteiger partial charge in [-0.25, -0.2) is 4.99 Å². The standard InChI is InChI=1S/C12H14N2O2.C2H6/c1-7-9-5-11(15-3)12(16-4)6-10(9)14-8(2)13-7;1-2/h5-6,14H,2H2,1,3-4H3;1-2H3. The molecular formula is C14H20N2O2. The van der Waals surface area contributed by atoms with Crippen LogP contribution in [0.5, 0.6) is 11.5 Å². The van der Waals surface area contributed by atoms with Crippen molar-refractivity contribution in [2.75, 3.05) is 19.5 Å². The number of fused-ring (bicyclic) bond motifs is 1. The Morgan fingerprint density at radius 1 is 1.11 bits per heavy atom. The highest BCUT2D eigenvalue weighted by molar-refractivity contribution is 6.06. The summed E-state index contributed by atoms with van der Waals surface area (Å²) in [5.74, 6) is 2.03. The Kier molecular flexibility index (Phi) is 4.77. The van der Waals surface area contributed by atoms with E-state index in [1.807, 2.05) is 32.9 Å². The van der Waals surface area contributed by atoms with E-state index in [4.69, 9.17) is 9.47 Å². The number of aliphatic imine (C=N–C) groups is 1. The molecule has 0 bridgehead atoms. The number of hydrogen-bond acceptors (Lipinski definition) is 4. The number of nitrogens with one attached hydrogen (secondary N) is 1. The average molecular weight is 248 g/mol. The molecule has 0 aromatic heterocycles. The van der Waals surface area contributed by atoms with Gasteiger partial charge in [-0.3, -0.25) is 0 Å². The van der Waals surface area contributed by atoms with Crippen molar-refractivity contribution in [3.8, 4) is 11.5 Å². The molecule has 4 nitrogen and oxygen atoms in total. The number of hydrogen-bond donors (Lipinski definition) is 1. The summed E-state index contributed by atoms with van der Waals surface area (Å²) in [7, 11) is 3.23. The molecule has 1 aromatic rings. The van der Waals surface area contributed by atoms with E-state index in [-0.39, 0.29) is 0 Å². The number of nitrogens with zero attached hydrogens (tertiary/aromatic N) is 1. The van der Waals surface area contributed by atoms with Gasteiger partial charge in [-0.15, -0.1) is 0 Å². The second-order valence-electron chi connectivity index (χ2n) is 3.52. The normalized spacial score (nSPS) is 12.5. The summed E-state index contributed by atoms with van der Waals surface area (Å²) in [6.07, 6.45) is 0. The van der Waals surface area contributed by atoms with Gasteiger partial charge in [0.2, 0.25) is 0 Å². The summed E-state index contributed by atoms with van der Waals surface area (Å²) in [5.41, 5.74) is 2.86. The lowest BCUT2D eigenvalue weighted by Crippen LogP contribution is -2.11. The van der Waals surface area contributed by atoms with Gasteiger partial charge >= 0.3 is 0 Å². The molecule has 0 atom stereocenters. The predicted octanol–water partition coefficient (Wildman–Crippen LogP) is 3.44. The fraction of sp³-hybridized carbons (Fsp3) is 0.357. The molecule has 1 aromatic carbocycles. The first kappa shape index (κ1) is 14.1. The van der Waals surface area contributed by atoms with E-state index in [1.165, 1.54) is 0 Å². The van der Waals surface area contributed by atoms with Crippen LogP contribution in [0, 0.1) is 0 Å². The molecule has 1 N–H and O–H groups in total. The van der Waals surface area contributed by atoms with Crippen LogP contribution in [0.1, 0.15) is 26.3 Å². The molecule has 4 heteroatoms. The third kappa shape index (κ3) is 2.64. The second kappa shape index (κ2) is 6.10. The van der Waals surface area contributed by atoms with E-state index >= 15 is 0 Å². The van der Waals surface area contributed by atoms with Crippen molar-refractivity contribution < 1.29 is 9.47 Å². The first-order valence-electron chi connectivity index (χ1n) is 5.93. The number of rotatable bonds is 2. The molecule has 0 unspecified atom stereocenters. The minimum atomic E-state index is 0.636. The van der Waals surface area contributed by atoms with E-state index in [0.717, 1.165) is 17.0 Å². The van der Waals surface area contributed by atoms with E-state index in [0.29, 0.717) is 17.3 Å².